The summed E-state index contributed by atoms with van der Waals surface area (Å²) >= 11 is 0. The number of benzene rings is 2. The van der Waals surface area contributed by atoms with Crippen molar-refractivity contribution in [1.82, 2.24) is 9.80 Å². The number of carboxylic acid groups (broad SMARTS) is 2. The number of piperidine rings is 2. The number of aliphatic carboxylic acids is 2. The number of carbonyl (C=O) groups excluding carboxylic acids is 4. The fraction of sp³-hybridized carbons (Fsp3) is 0.679. The number of carboxylic acids is 2. The highest BCUT2D eigenvalue weighted by Gasteiger charge is 2.27. The highest BCUT2D eigenvalue weighted by molar-refractivity contribution is 5.73. The van der Waals surface area contributed by atoms with Crippen LogP contribution in [0.1, 0.15) is 165 Å². The number of ether oxygens (including phenoxy) is 4. The van der Waals surface area contributed by atoms with Gasteiger partial charge >= 0.3 is 35.8 Å². The summed E-state index contributed by atoms with van der Waals surface area (Å²) in [5.41, 5.74) is 1.99. The highest BCUT2D eigenvalue weighted by atomic mass is 16.5. The number of hydrogen-bond donors (Lipinski definition) is 2. The van der Waals surface area contributed by atoms with Gasteiger partial charge in [-0.25, -0.2) is 0 Å². The van der Waals surface area contributed by atoms with Crippen LogP contribution in [0.2, 0.25) is 0 Å². The third kappa shape index (κ3) is 29.4. The van der Waals surface area contributed by atoms with Crippen LogP contribution in [0.25, 0.3) is 0 Å². The maximum absolute atomic E-state index is 12.7. The van der Waals surface area contributed by atoms with Crippen molar-refractivity contribution in [3.05, 3.63) is 71.8 Å². The maximum Gasteiger partial charge on any atom is 0.309 e. The summed E-state index contributed by atoms with van der Waals surface area (Å²) in [6.45, 7) is 5.22. The second-order valence-corrected chi connectivity index (χ2v) is 19.6. The Morgan fingerprint density at radius 2 is 0.771 bits per heavy atom. The van der Waals surface area contributed by atoms with Crippen LogP contribution in [0.15, 0.2) is 60.7 Å². The van der Waals surface area contributed by atoms with Gasteiger partial charge in [-0.05, 0) is 140 Å². The number of likely N-dealkylation sites (tertiary alicyclic amines) is 2. The first-order valence-electron chi connectivity index (χ1n) is 26.4. The minimum atomic E-state index is -0.762. The van der Waals surface area contributed by atoms with Crippen molar-refractivity contribution in [3.8, 4) is 0 Å². The molecule has 0 amide bonds. The lowest BCUT2D eigenvalue weighted by molar-refractivity contribution is -0.152. The lowest BCUT2D eigenvalue weighted by Gasteiger charge is -2.28. The van der Waals surface area contributed by atoms with Gasteiger partial charge in [-0.3, -0.25) is 28.8 Å². The molecular weight excluding hydrogens is 893 g/mol. The first-order chi connectivity index (χ1) is 33.9. The molecule has 70 heavy (non-hydrogen) atoms. The number of rotatable bonds is 34. The monoisotopic (exact) mass is 979 g/mol. The van der Waals surface area contributed by atoms with E-state index in [1.807, 2.05) is 60.7 Å². The number of nitrogens with zero attached hydrogens (tertiary/aromatic N) is 2. The molecule has 0 radical (unpaired) electrons. The number of unbranched alkanes of at least 4 members (excludes halogenated alkanes) is 8. The van der Waals surface area contributed by atoms with E-state index in [1.54, 1.807) is 0 Å². The molecule has 0 atom stereocenters. The van der Waals surface area contributed by atoms with Crippen LogP contribution in [-0.4, -0.2) is 109 Å². The summed E-state index contributed by atoms with van der Waals surface area (Å²) in [4.78, 5) is 74.9. The van der Waals surface area contributed by atoms with Crippen molar-refractivity contribution in [2.75, 3.05) is 53.5 Å². The van der Waals surface area contributed by atoms with Gasteiger partial charge in [0.05, 0.1) is 25.0 Å². The fourth-order valence-corrected chi connectivity index (χ4v) is 8.90. The molecule has 0 saturated carbocycles. The third-order valence-electron chi connectivity index (χ3n) is 13.5. The molecule has 2 aliphatic heterocycles. The molecule has 2 aliphatic rings. The smallest absolute Gasteiger partial charge is 0.309 e. The van der Waals surface area contributed by atoms with Crippen LogP contribution in [0.5, 0.6) is 0 Å². The Bertz CT molecular complexity index is 1660. The highest BCUT2D eigenvalue weighted by Crippen LogP contribution is 2.24. The zero-order valence-electron chi connectivity index (χ0n) is 42.6. The van der Waals surface area contributed by atoms with Crippen LogP contribution < -0.4 is 0 Å². The standard InChI is InChI=1S/C35H49NO6.C21H37NO6/c1-36-24-22-32(23-25-36)35(39)42-28-31(18-10-4-12-20-33(37)40-26-29-14-6-2-7-15-29)19-11-5-13-21-34(38)41-27-30-16-8-3-9-17-30;1-22-14-12-18(13-15-22)21(27)28-16-17(8-4-2-6-10-19(23)24)9-5-3-7-11-20(25)26/h2-3,6-9,14-17,31-32H,4-5,10-13,18-28H2,1H3;17-18H,2-16H2,1H3,(H,23,24)(H,25,26). The van der Waals surface area contributed by atoms with Crippen LogP contribution in [0.4, 0.5) is 0 Å². The zero-order chi connectivity index (χ0) is 50.6. The Hall–Kier alpha value is -4.82. The molecule has 392 valence electrons. The van der Waals surface area contributed by atoms with E-state index in [0.29, 0.717) is 52.1 Å². The van der Waals surface area contributed by atoms with Gasteiger partial charge in [0.15, 0.2) is 0 Å². The minimum Gasteiger partial charge on any atom is -0.481 e. The van der Waals surface area contributed by atoms with Gasteiger partial charge in [0, 0.05) is 25.7 Å². The molecule has 0 unspecified atom stereocenters. The molecule has 14 nitrogen and oxygen atoms in total. The summed E-state index contributed by atoms with van der Waals surface area (Å²) in [7, 11) is 4.15. The molecule has 2 fully saturated rings. The van der Waals surface area contributed by atoms with Gasteiger partial charge in [-0.1, -0.05) is 112 Å². The first kappa shape index (κ1) is 59.5. The SMILES string of the molecule is CN1CCC(C(=O)OCC(CCCCCC(=O)O)CCCCCC(=O)O)CC1.CN1CCC(C(=O)OCC(CCCCCC(=O)OCc2ccccc2)CCCCCC(=O)OCc2ccccc2)CC1. The molecule has 4 rings (SSSR count). The molecule has 14 heteroatoms. The lowest BCUT2D eigenvalue weighted by Crippen LogP contribution is -2.34. The van der Waals surface area contributed by atoms with Gasteiger partial charge in [0.2, 0.25) is 0 Å². The van der Waals surface area contributed by atoms with E-state index in [0.717, 1.165) is 153 Å². The van der Waals surface area contributed by atoms with Crippen molar-refractivity contribution in [3.63, 3.8) is 0 Å². The Kier molecular flexibility index (Phi) is 31.5. The van der Waals surface area contributed by atoms with E-state index < -0.39 is 11.9 Å². The molecule has 2 heterocycles. The van der Waals surface area contributed by atoms with Gasteiger partial charge < -0.3 is 39.0 Å². The second-order valence-electron chi connectivity index (χ2n) is 19.6. The minimum absolute atomic E-state index is 0.00276. The Labute approximate surface area is 418 Å². The van der Waals surface area contributed by atoms with E-state index in [2.05, 4.69) is 23.9 Å². The average molecular weight is 979 g/mol. The molecule has 0 bridgehead atoms. The maximum atomic E-state index is 12.7. The predicted octanol–water partition coefficient (Wildman–Crippen LogP) is 10.4. The Balaban J connectivity index is 0.000000403. The van der Waals surface area contributed by atoms with E-state index in [-0.39, 0.29) is 60.4 Å². The summed E-state index contributed by atoms with van der Waals surface area (Å²) < 4.78 is 22.2. The first-order valence-corrected chi connectivity index (χ1v) is 26.4. The molecule has 0 aromatic heterocycles. The van der Waals surface area contributed by atoms with Crippen LogP contribution in [0.3, 0.4) is 0 Å². The summed E-state index contributed by atoms with van der Waals surface area (Å²) in [6, 6.07) is 19.4. The van der Waals surface area contributed by atoms with E-state index in [4.69, 9.17) is 29.2 Å². The second kappa shape index (κ2) is 37.0. The van der Waals surface area contributed by atoms with Crippen LogP contribution in [-0.2, 0) is 60.9 Å². The summed E-state index contributed by atoms with van der Waals surface area (Å²) in [6.07, 6.45) is 18.8. The fourth-order valence-electron chi connectivity index (χ4n) is 8.90. The largest absolute Gasteiger partial charge is 0.481 e. The van der Waals surface area contributed by atoms with Crippen molar-refractivity contribution < 1.29 is 57.9 Å². The summed E-state index contributed by atoms with van der Waals surface area (Å²) in [5, 5.41) is 17.4. The molecule has 0 aliphatic carbocycles. The zero-order valence-corrected chi connectivity index (χ0v) is 42.6. The van der Waals surface area contributed by atoms with Crippen molar-refractivity contribution >= 4 is 35.8 Å². The predicted molar refractivity (Wildman–Crippen MR) is 269 cm³/mol. The molecule has 2 aromatic rings. The van der Waals surface area contributed by atoms with Gasteiger partial charge in [0.1, 0.15) is 13.2 Å². The number of carbonyl (C=O) groups is 6. The van der Waals surface area contributed by atoms with Gasteiger partial charge in [0.25, 0.3) is 0 Å². The Morgan fingerprint density at radius 3 is 1.09 bits per heavy atom. The van der Waals surface area contributed by atoms with Crippen molar-refractivity contribution in [2.24, 2.45) is 23.7 Å². The molecule has 2 aromatic carbocycles. The van der Waals surface area contributed by atoms with Crippen molar-refractivity contribution in [1.29, 1.82) is 0 Å². The number of hydrogen-bond acceptors (Lipinski definition) is 12. The quantitative estimate of drug-likeness (QED) is 0.0383. The van der Waals surface area contributed by atoms with E-state index >= 15 is 0 Å². The molecular formula is C56H86N2O12. The molecule has 2 N–H and O–H groups in total. The van der Waals surface area contributed by atoms with E-state index in [1.165, 1.54) is 0 Å². The topological polar surface area (TPSA) is 186 Å². The van der Waals surface area contributed by atoms with Crippen LogP contribution >= 0.6 is 0 Å². The van der Waals surface area contributed by atoms with Gasteiger partial charge in [-0.2, -0.15) is 0 Å². The normalized spacial score (nSPS) is 14.7. The van der Waals surface area contributed by atoms with Crippen LogP contribution in [0, 0.1) is 23.7 Å². The Morgan fingerprint density at radius 1 is 0.457 bits per heavy atom. The lowest BCUT2D eigenvalue weighted by atomic mass is 9.94. The van der Waals surface area contributed by atoms with Gasteiger partial charge in [-0.15, -0.1) is 0 Å². The molecule has 2 saturated heterocycles. The average Bonchev–Trinajstić information content (AvgIpc) is 3.35. The summed E-state index contributed by atoms with van der Waals surface area (Å²) in [5.74, 6) is -1.43. The van der Waals surface area contributed by atoms with Crippen molar-refractivity contribution in [2.45, 2.75) is 167 Å². The van der Waals surface area contributed by atoms with E-state index in [9.17, 15) is 28.8 Å². The molecule has 0 spiro atoms. The third-order valence-corrected chi connectivity index (χ3v) is 13.5. The number of esters is 4.